The van der Waals surface area contributed by atoms with E-state index in [0.29, 0.717) is 32.5 Å². The highest BCUT2D eigenvalue weighted by atomic mass is 19.3. The van der Waals surface area contributed by atoms with Crippen LogP contribution in [0.4, 0.5) is 17.6 Å². The number of halogens is 4. The second-order valence-electron chi connectivity index (χ2n) is 7.12. The van der Waals surface area contributed by atoms with Crippen molar-refractivity contribution in [1.82, 2.24) is 15.1 Å². The van der Waals surface area contributed by atoms with Crippen LogP contribution in [0, 0.1) is 0 Å². The number of ether oxygens (including phenoxy) is 2. The number of fused-ring (bicyclic) bond motifs is 2. The molecule has 0 bridgehead atoms. The Bertz CT molecular complexity index is 894. The van der Waals surface area contributed by atoms with Gasteiger partial charge in [0.2, 0.25) is 0 Å². The van der Waals surface area contributed by atoms with Crippen LogP contribution in [-0.2, 0) is 16.8 Å². The van der Waals surface area contributed by atoms with Gasteiger partial charge in [-0.05, 0) is 37.0 Å². The third-order valence-corrected chi connectivity index (χ3v) is 5.40. The lowest BCUT2D eigenvalue weighted by molar-refractivity contribution is -0.253. The van der Waals surface area contributed by atoms with Crippen molar-refractivity contribution < 1.29 is 31.8 Å². The highest BCUT2D eigenvalue weighted by Gasteiger charge is 2.46. The zero-order chi connectivity index (χ0) is 20.6. The first-order valence-corrected chi connectivity index (χ1v) is 9.22. The minimum absolute atomic E-state index is 0.185. The van der Waals surface area contributed by atoms with Crippen LogP contribution in [0.5, 0.6) is 5.75 Å². The predicted molar refractivity (Wildman–Crippen MR) is 93.1 cm³/mol. The quantitative estimate of drug-likeness (QED) is 0.781. The number of rotatable bonds is 4. The molecule has 0 unspecified atom stereocenters. The van der Waals surface area contributed by atoms with Crippen LogP contribution in [0.2, 0.25) is 0 Å². The topological polar surface area (TPSA) is 67.4 Å². The number of amides is 1. The molecule has 1 fully saturated rings. The average molecular weight is 413 g/mol. The van der Waals surface area contributed by atoms with E-state index in [2.05, 4.69) is 14.9 Å². The normalized spacial score (nSPS) is 18.7. The molecular weight excluding hydrogens is 394 g/mol. The first kappa shape index (κ1) is 19.7. The third kappa shape index (κ3) is 3.57. The molecule has 2 aromatic rings. The van der Waals surface area contributed by atoms with Crippen molar-refractivity contribution in [3.05, 3.63) is 47.3 Å². The van der Waals surface area contributed by atoms with Crippen LogP contribution in [0.1, 0.15) is 34.5 Å². The number of piperidine rings is 1. The Morgan fingerprint density at radius 1 is 1.28 bits per heavy atom. The number of hydrogen-bond acceptors (Lipinski definition) is 4. The summed E-state index contributed by atoms with van der Waals surface area (Å²) in [6.07, 6.45) is -5.15. The molecule has 2 aliphatic heterocycles. The SMILES string of the molecule is O=C(c1ccccc1OC(F)(F)C(F)F)N1CCC2(CC1)OCCc1cn[nH]c12. The number of carbonyl (C=O) groups excluding carboxylic acids is 1. The van der Waals surface area contributed by atoms with Crippen molar-refractivity contribution >= 4 is 5.91 Å². The van der Waals surface area contributed by atoms with Gasteiger partial charge in [0.15, 0.2) is 0 Å². The van der Waals surface area contributed by atoms with E-state index in [0.717, 1.165) is 23.7 Å². The summed E-state index contributed by atoms with van der Waals surface area (Å²) in [6, 6.07) is 5.17. The van der Waals surface area contributed by atoms with Crippen molar-refractivity contribution in [2.45, 2.75) is 37.4 Å². The Balaban J connectivity index is 1.50. The molecule has 10 heteroatoms. The fraction of sp³-hybridized carbons (Fsp3) is 0.474. The molecule has 156 valence electrons. The molecule has 6 nitrogen and oxygen atoms in total. The van der Waals surface area contributed by atoms with Crippen molar-refractivity contribution in [2.24, 2.45) is 0 Å². The summed E-state index contributed by atoms with van der Waals surface area (Å²) in [7, 11) is 0. The van der Waals surface area contributed by atoms with Gasteiger partial charge in [0.25, 0.3) is 5.91 Å². The molecule has 0 saturated carbocycles. The number of carbonyl (C=O) groups is 1. The summed E-state index contributed by atoms with van der Waals surface area (Å²) in [5.41, 5.74) is 1.26. The second kappa shape index (κ2) is 7.33. The van der Waals surface area contributed by atoms with E-state index >= 15 is 0 Å². The average Bonchev–Trinajstić information content (AvgIpc) is 3.19. The molecule has 1 spiro atoms. The molecule has 0 atom stereocenters. The lowest BCUT2D eigenvalue weighted by atomic mass is 9.83. The summed E-state index contributed by atoms with van der Waals surface area (Å²) in [5, 5.41) is 7.07. The number of nitrogens with zero attached hydrogens (tertiary/aromatic N) is 2. The van der Waals surface area contributed by atoms with Gasteiger partial charge in [0.1, 0.15) is 11.4 Å². The van der Waals surface area contributed by atoms with E-state index in [1.165, 1.54) is 23.1 Å². The second-order valence-corrected chi connectivity index (χ2v) is 7.12. The predicted octanol–water partition coefficient (Wildman–Crippen LogP) is 3.35. The molecule has 1 aromatic heterocycles. The number of benzene rings is 1. The Morgan fingerprint density at radius 3 is 2.72 bits per heavy atom. The number of aromatic nitrogens is 2. The van der Waals surface area contributed by atoms with Crippen LogP contribution < -0.4 is 4.74 Å². The maximum Gasteiger partial charge on any atom is 0.461 e. The van der Waals surface area contributed by atoms with Gasteiger partial charge in [-0.3, -0.25) is 9.89 Å². The van der Waals surface area contributed by atoms with Gasteiger partial charge < -0.3 is 14.4 Å². The fourth-order valence-corrected chi connectivity index (χ4v) is 3.88. The molecule has 1 saturated heterocycles. The lowest BCUT2D eigenvalue weighted by Crippen LogP contribution is -2.48. The summed E-state index contributed by atoms with van der Waals surface area (Å²) >= 11 is 0. The zero-order valence-corrected chi connectivity index (χ0v) is 15.3. The maximum absolute atomic E-state index is 13.3. The third-order valence-electron chi connectivity index (χ3n) is 5.40. The van der Waals surface area contributed by atoms with Gasteiger partial charge >= 0.3 is 12.5 Å². The highest BCUT2D eigenvalue weighted by molar-refractivity contribution is 5.97. The van der Waals surface area contributed by atoms with Gasteiger partial charge in [-0.25, -0.2) is 0 Å². The summed E-state index contributed by atoms with van der Waals surface area (Å²) < 4.78 is 61.9. The smallest absolute Gasteiger partial charge is 0.427 e. The zero-order valence-electron chi connectivity index (χ0n) is 15.3. The van der Waals surface area contributed by atoms with Crippen LogP contribution in [0.15, 0.2) is 30.5 Å². The van der Waals surface area contributed by atoms with Crippen LogP contribution in [-0.4, -0.2) is 53.2 Å². The number of alkyl halides is 4. The van der Waals surface area contributed by atoms with Crippen LogP contribution in [0.3, 0.4) is 0 Å². The van der Waals surface area contributed by atoms with E-state index in [-0.39, 0.29) is 5.56 Å². The summed E-state index contributed by atoms with van der Waals surface area (Å²) in [6.45, 7) is 1.19. The fourth-order valence-electron chi connectivity index (χ4n) is 3.88. The van der Waals surface area contributed by atoms with Crippen molar-refractivity contribution in [3.8, 4) is 5.75 Å². The largest absolute Gasteiger partial charge is 0.461 e. The minimum Gasteiger partial charge on any atom is -0.427 e. The molecule has 1 aromatic carbocycles. The van der Waals surface area contributed by atoms with Gasteiger partial charge in [0, 0.05) is 13.1 Å². The van der Waals surface area contributed by atoms with E-state index in [9.17, 15) is 22.4 Å². The lowest BCUT2D eigenvalue weighted by Gasteiger charge is -2.43. The Hall–Kier alpha value is -2.62. The number of hydrogen-bond donors (Lipinski definition) is 1. The number of aromatic amines is 1. The van der Waals surface area contributed by atoms with Gasteiger partial charge in [-0.15, -0.1) is 0 Å². The molecule has 29 heavy (non-hydrogen) atoms. The van der Waals surface area contributed by atoms with Crippen molar-refractivity contribution in [3.63, 3.8) is 0 Å². The molecule has 0 aliphatic carbocycles. The molecule has 2 aliphatic rings. The Kier molecular flexibility index (Phi) is 4.97. The Morgan fingerprint density at radius 2 is 2.00 bits per heavy atom. The summed E-state index contributed by atoms with van der Waals surface area (Å²) in [5.74, 6) is -1.13. The Labute approximate surface area is 163 Å². The number of likely N-dealkylation sites (tertiary alicyclic amines) is 1. The summed E-state index contributed by atoms with van der Waals surface area (Å²) in [4.78, 5) is 14.4. The van der Waals surface area contributed by atoms with E-state index in [1.54, 1.807) is 6.20 Å². The van der Waals surface area contributed by atoms with Crippen LogP contribution in [0.25, 0.3) is 0 Å². The monoisotopic (exact) mass is 413 g/mol. The van der Waals surface area contributed by atoms with Crippen molar-refractivity contribution in [1.29, 1.82) is 0 Å². The van der Waals surface area contributed by atoms with E-state index in [1.807, 2.05) is 0 Å². The van der Waals surface area contributed by atoms with Gasteiger partial charge in [0.05, 0.1) is 24.1 Å². The van der Waals surface area contributed by atoms with E-state index < -0.39 is 29.8 Å². The van der Waals surface area contributed by atoms with Gasteiger partial charge in [-0.2, -0.15) is 22.7 Å². The van der Waals surface area contributed by atoms with Gasteiger partial charge in [-0.1, -0.05) is 12.1 Å². The molecule has 1 amide bonds. The van der Waals surface area contributed by atoms with Crippen LogP contribution >= 0.6 is 0 Å². The molecule has 1 N–H and O–H groups in total. The number of para-hydroxylation sites is 1. The van der Waals surface area contributed by atoms with E-state index in [4.69, 9.17) is 4.74 Å². The molecule has 4 rings (SSSR count). The number of nitrogens with one attached hydrogen (secondary N) is 1. The minimum atomic E-state index is -4.69. The highest BCUT2D eigenvalue weighted by Crippen LogP contribution is 2.41. The maximum atomic E-state index is 13.3. The number of H-pyrrole nitrogens is 1. The van der Waals surface area contributed by atoms with Crippen molar-refractivity contribution in [2.75, 3.05) is 19.7 Å². The molecule has 0 radical (unpaired) electrons. The first-order chi connectivity index (χ1) is 13.8. The molecular formula is C19H19F4N3O3. The first-order valence-electron chi connectivity index (χ1n) is 9.22. The standard InChI is InChI=1S/C19H19F4N3O3/c20-17(21)19(22,23)29-14-4-2-1-3-13(14)16(27)26-8-6-18(7-9-26)15-12(5-10-28-18)11-24-25-15/h1-4,11,17H,5-10H2,(H,24,25). The molecule has 3 heterocycles.